The zero-order chi connectivity index (χ0) is 18.4. The summed E-state index contributed by atoms with van der Waals surface area (Å²) in [6.07, 6.45) is 0.924. The SMILES string of the molecule is Cc1ccc2c(c1)[C@@H]1CN(C)CC[C@@H]1N2C(=O)c1ccc([N+](=O)[O-])cc1. The largest absolute Gasteiger partial charge is 0.306 e. The molecular formula is C20H21N3O3. The van der Waals surface area contributed by atoms with Crippen molar-refractivity contribution in [3.05, 3.63) is 69.3 Å². The van der Waals surface area contributed by atoms with E-state index >= 15 is 0 Å². The number of nitro groups is 1. The summed E-state index contributed by atoms with van der Waals surface area (Å²) in [4.78, 5) is 27.9. The van der Waals surface area contributed by atoms with Crippen LogP contribution in [0.25, 0.3) is 0 Å². The number of carbonyl (C=O) groups excluding carboxylic acids is 1. The van der Waals surface area contributed by atoms with Crippen LogP contribution in [0.1, 0.15) is 33.8 Å². The molecule has 0 radical (unpaired) electrons. The Hall–Kier alpha value is -2.73. The van der Waals surface area contributed by atoms with Crippen LogP contribution < -0.4 is 4.90 Å². The van der Waals surface area contributed by atoms with Crippen molar-refractivity contribution in [3.63, 3.8) is 0 Å². The second-order valence-corrected chi connectivity index (χ2v) is 7.27. The normalized spacial score (nSPS) is 22.0. The van der Waals surface area contributed by atoms with Gasteiger partial charge >= 0.3 is 0 Å². The average Bonchev–Trinajstić information content (AvgIpc) is 2.94. The molecule has 0 saturated carbocycles. The maximum atomic E-state index is 13.3. The third-order valence-electron chi connectivity index (χ3n) is 5.50. The minimum atomic E-state index is -0.449. The van der Waals surface area contributed by atoms with Gasteiger partial charge in [-0.2, -0.15) is 0 Å². The average molecular weight is 351 g/mol. The van der Waals surface area contributed by atoms with E-state index in [0.717, 1.165) is 25.2 Å². The summed E-state index contributed by atoms with van der Waals surface area (Å²) in [6.45, 7) is 3.96. The van der Waals surface area contributed by atoms with E-state index in [0.29, 0.717) is 11.5 Å². The van der Waals surface area contributed by atoms with Crippen molar-refractivity contribution in [2.75, 3.05) is 25.0 Å². The van der Waals surface area contributed by atoms with Crippen LogP contribution in [0, 0.1) is 17.0 Å². The first-order valence-electron chi connectivity index (χ1n) is 8.83. The van der Waals surface area contributed by atoms with E-state index in [9.17, 15) is 14.9 Å². The second kappa shape index (κ2) is 6.21. The molecule has 2 aromatic rings. The summed E-state index contributed by atoms with van der Waals surface area (Å²) >= 11 is 0. The summed E-state index contributed by atoms with van der Waals surface area (Å²) in [5.74, 6) is 0.229. The molecule has 2 aliphatic heterocycles. The molecule has 2 atom stereocenters. The maximum absolute atomic E-state index is 13.3. The number of anilines is 1. The van der Waals surface area contributed by atoms with Crippen molar-refractivity contribution in [1.82, 2.24) is 4.90 Å². The summed E-state index contributed by atoms with van der Waals surface area (Å²) < 4.78 is 0. The third kappa shape index (κ3) is 2.66. The molecule has 0 bridgehead atoms. The van der Waals surface area contributed by atoms with Gasteiger partial charge in [-0.15, -0.1) is 0 Å². The third-order valence-corrected chi connectivity index (χ3v) is 5.50. The molecule has 6 nitrogen and oxygen atoms in total. The van der Waals surface area contributed by atoms with Gasteiger partial charge in [0.2, 0.25) is 0 Å². The lowest BCUT2D eigenvalue weighted by molar-refractivity contribution is -0.384. The van der Waals surface area contributed by atoms with Crippen LogP contribution in [0.2, 0.25) is 0 Å². The van der Waals surface area contributed by atoms with Gasteiger partial charge < -0.3 is 9.80 Å². The van der Waals surface area contributed by atoms with E-state index < -0.39 is 4.92 Å². The highest BCUT2D eigenvalue weighted by Gasteiger charge is 2.44. The lowest BCUT2D eigenvalue weighted by Crippen LogP contribution is -2.47. The fourth-order valence-electron chi connectivity index (χ4n) is 4.21. The van der Waals surface area contributed by atoms with Gasteiger partial charge in [0.25, 0.3) is 11.6 Å². The van der Waals surface area contributed by atoms with Gasteiger partial charge in [-0.25, -0.2) is 0 Å². The highest BCUT2D eigenvalue weighted by Crippen LogP contribution is 2.45. The van der Waals surface area contributed by atoms with E-state index in [1.54, 1.807) is 12.1 Å². The summed E-state index contributed by atoms with van der Waals surface area (Å²) in [5, 5.41) is 10.9. The number of fused-ring (bicyclic) bond motifs is 3. The molecule has 2 aromatic carbocycles. The highest BCUT2D eigenvalue weighted by molar-refractivity contribution is 6.08. The van der Waals surface area contributed by atoms with E-state index in [-0.39, 0.29) is 17.6 Å². The van der Waals surface area contributed by atoms with E-state index in [1.807, 2.05) is 17.0 Å². The van der Waals surface area contributed by atoms with Gasteiger partial charge in [-0.1, -0.05) is 17.7 Å². The number of likely N-dealkylation sites (tertiary alicyclic amines) is 1. The van der Waals surface area contributed by atoms with E-state index in [4.69, 9.17) is 0 Å². The Bertz CT molecular complexity index is 878. The van der Waals surface area contributed by atoms with Crippen LogP contribution in [0.15, 0.2) is 42.5 Å². The van der Waals surface area contributed by atoms with Gasteiger partial charge in [0.05, 0.1) is 4.92 Å². The van der Waals surface area contributed by atoms with Gasteiger partial charge in [0, 0.05) is 41.9 Å². The Morgan fingerprint density at radius 1 is 1.19 bits per heavy atom. The Kier molecular flexibility index (Phi) is 4.00. The minimum absolute atomic E-state index is 0.00355. The maximum Gasteiger partial charge on any atom is 0.269 e. The number of piperidine rings is 1. The lowest BCUT2D eigenvalue weighted by Gasteiger charge is -2.36. The Balaban J connectivity index is 1.73. The quantitative estimate of drug-likeness (QED) is 0.615. The molecule has 1 amide bonds. The van der Waals surface area contributed by atoms with Crippen LogP contribution in [0.4, 0.5) is 11.4 Å². The number of hydrogen-bond donors (Lipinski definition) is 0. The lowest BCUT2D eigenvalue weighted by atomic mass is 9.88. The molecule has 0 aromatic heterocycles. The number of carbonyl (C=O) groups is 1. The molecule has 1 fully saturated rings. The standard InChI is InChI=1S/C20H21N3O3/c1-13-3-8-18-16(11-13)17-12-21(2)10-9-19(17)22(18)20(24)14-4-6-15(7-5-14)23(25)26/h3-8,11,17,19H,9-10,12H2,1-2H3/t17-,19-/m0/s1. The first kappa shape index (κ1) is 16.7. The number of amides is 1. The Labute approximate surface area is 152 Å². The minimum Gasteiger partial charge on any atom is -0.306 e. The summed E-state index contributed by atoms with van der Waals surface area (Å²) in [6, 6.07) is 12.3. The molecule has 134 valence electrons. The first-order valence-corrected chi connectivity index (χ1v) is 8.83. The number of non-ortho nitro benzene ring substituents is 1. The van der Waals surface area contributed by atoms with Crippen LogP contribution in [0.5, 0.6) is 0 Å². The van der Waals surface area contributed by atoms with Crippen LogP contribution in [0.3, 0.4) is 0 Å². The Morgan fingerprint density at radius 2 is 1.92 bits per heavy atom. The van der Waals surface area contributed by atoms with Crippen LogP contribution >= 0.6 is 0 Å². The molecule has 0 unspecified atom stereocenters. The number of hydrogen-bond acceptors (Lipinski definition) is 4. The number of rotatable bonds is 2. The number of benzene rings is 2. The molecule has 6 heteroatoms. The fraction of sp³-hybridized carbons (Fsp3) is 0.350. The molecule has 2 aliphatic rings. The van der Waals surface area contributed by atoms with Crippen molar-refractivity contribution in [2.45, 2.75) is 25.3 Å². The number of aryl methyl sites for hydroxylation is 1. The molecule has 26 heavy (non-hydrogen) atoms. The van der Waals surface area contributed by atoms with E-state index in [1.165, 1.54) is 23.3 Å². The summed E-state index contributed by atoms with van der Waals surface area (Å²) in [7, 11) is 2.12. The van der Waals surface area contributed by atoms with Gasteiger partial charge in [-0.3, -0.25) is 14.9 Å². The second-order valence-electron chi connectivity index (χ2n) is 7.27. The van der Waals surface area contributed by atoms with Crippen molar-refractivity contribution in [2.24, 2.45) is 0 Å². The van der Waals surface area contributed by atoms with Gasteiger partial charge in [0.15, 0.2) is 0 Å². The smallest absolute Gasteiger partial charge is 0.269 e. The zero-order valence-electron chi connectivity index (χ0n) is 14.9. The number of nitrogens with zero attached hydrogens (tertiary/aromatic N) is 3. The summed E-state index contributed by atoms with van der Waals surface area (Å²) in [5.41, 5.74) is 3.89. The zero-order valence-corrected chi connectivity index (χ0v) is 14.9. The predicted molar refractivity (Wildman–Crippen MR) is 99.7 cm³/mol. The van der Waals surface area contributed by atoms with Crippen molar-refractivity contribution in [1.29, 1.82) is 0 Å². The number of nitro benzene ring substituents is 1. The highest BCUT2D eigenvalue weighted by atomic mass is 16.6. The van der Waals surface area contributed by atoms with Crippen LogP contribution in [-0.4, -0.2) is 41.9 Å². The van der Waals surface area contributed by atoms with Crippen LogP contribution in [-0.2, 0) is 0 Å². The predicted octanol–water partition coefficient (Wildman–Crippen LogP) is 3.35. The first-order chi connectivity index (χ1) is 12.5. The van der Waals surface area contributed by atoms with Crippen molar-refractivity contribution >= 4 is 17.3 Å². The van der Waals surface area contributed by atoms with Crippen molar-refractivity contribution < 1.29 is 9.72 Å². The molecule has 0 N–H and O–H groups in total. The molecule has 0 aliphatic carbocycles. The molecule has 1 saturated heterocycles. The molecule has 0 spiro atoms. The van der Waals surface area contributed by atoms with Gasteiger partial charge in [0.1, 0.15) is 0 Å². The Morgan fingerprint density at radius 3 is 2.62 bits per heavy atom. The topological polar surface area (TPSA) is 66.7 Å². The molecule has 2 heterocycles. The molecule has 4 rings (SSSR count). The monoisotopic (exact) mass is 351 g/mol. The molecular weight excluding hydrogens is 330 g/mol. The number of likely N-dealkylation sites (N-methyl/N-ethyl adjacent to an activating group) is 1. The van der Waals surface area contributed by atoms with Gasteiger partial charge in [-0.05, 0) is 50.7 Å². The van der Waals surface area contributed by atoms with Crippen molar-refractivity contribution in [3.8, 4) is 0 Å². The van der Waals surface area contributed by atoms with E-state index in [2.05, 4.69) is 24.9 Å². The fourth-order valence-corrected chi connectivity index (χ4v) is 4.21.